The molecule has 0 fully saturated rings. The van der Waals surface area contributed by atoms with Crippen molar-refractivity contribution in [2.75, 3.05) is 0 Å². The highest BCUT2D eigenvalue weighted by molar-refractivity contribution is 6.77. The van der Waals surface area contributed by atoms with Gasteiger partial charge in [-0.25, -0.2) is 0 Å². The van der Waals surface area contributed by atoms with Crippen molar-refractivity contribution in [1.82, 2.24) is 0 Å². The molecule has 0 saturated carbocycles. The second-order valence-corrected chi connectivity index (χ2v) is 19.4. The molecule has 24 heavy (non-hydrogen) atoms. The minimum atomic E-state index is -1.74. The van der Waals surface area contributed by atoms with Crippen LogP contribution in [0.4, 0.5) is 0 Å². The number of hydrogen-bond donors (Lipinski definition) is 0. The molecule has 0 rings (SSSR count). The van der Waals surface area contributed by atoms with Gasteiger partial charge in [0.1, 0.15) is 0 Å². The normalized spacial score (nSPS) is 13.8. The number of rotatable bonds is 14. The van der Waals surface area contributed by atoms with Crippen molar-refractivity contribution in [2.45, 2.75) is 122 Å². The van der Waals surface area contributed by atoms with Crippen LogP contribution in [0.3, 0.4) is 0 Å². The lowest BCUT2D eigenvalue weighted by Gasteiger charge is -2.29. The summed E-state index contributed by atoms with van der Waals surface area (Å²) in [5.74, 6) is 0.0533. The Labute approximate surface area is 154 Å². The number of carbonyl (C=O) groups is 1. The van der Waals surface area contributed by atoms with Gasteiger partial charge in [0.05, 0.1) is 0 Å². The molecule has 2 nitrogen and oxygen atoms in total. The summed E-state index contributed by atoms with van der Waals surface area (Å²) in [6.07, 6.45) is 14.2. The van der Waals surface area contributed by atoms with Gasteiger partial charge in [-0.05, 0) is 25.2 Å². The minimum absolute atomic E-state index is 0.0533. The van der Waals surface area contributed by atoms with E-state index in [1.54, 1.807) is 0 Å². The first kappa shape index (κ1) is 23.9. The van der Waals surface area contributed by atoms with Gasteiger partial charge in [0, 0.05) is 14.5 Å². The first-order valence-corrected chi connectivity index (χ1v) is 17.3. The van der Waals surface area contributed by atoms with Crippen LogP contribution in [-0.4, -0.2) is 22.4 Å². The first-order valence-electron chi connectivity index (χ1n) is 10.3. The summed E-state index contributed by atoms with van der Waals surface area (Å²) in [4.78, 5) is 12.2. The van der Waals surface area contributed by atoms with E-state index >= 15 is 0 Å². The monoisotopic (exact) mass is 372 g/mol. The van der Waals surface area contributed by atoms with Crippen LogP contribution >= 0.6 is 0 Å². The van der Waals surface area contributed by atoms with Gasteiger partial charge in [-0.3, -0.25) is 4.79 Å². The molecule has 0 aliphatic rings. The maximum atomic E-state index is 12.2. The average Bonchev–Trinajstić information content (AvgIpc) is 2.41. The third-order valence-electron chi connectivity index (χ3n) is 4.71. The number of unbranched alkanes of at least 4 members (excludes halogenated alkanes) is 8. The first-order chi connectivity index (χ1) is 11.1. The Bertz CT molecular complexity index is 330. The second-order valence-electron chi connectivity index (χ2n) is 9.47. The molecule has 0 spiro atoms. The second kappa shape index (κ2) is 12.3. The van der Waals surface area contributed by atoms with Crippen molar-refractivity contribution in [2.24, 2.45) is 0 Å². The van der Waals surface area contributed by atoms with Crippen molar-refractivity contribution in [1.29, 1.82) is 0 Å². The van der Waals surface area contributed by atoms with Gasteiger partial charge in [-0.1, -0.05) is 90.8 Å². The zero-order valence-electron chi connectivity index (χ0n) is 17.7. The summed E-state index contributed by atoms with van der Waals surface area (Å²) in [6, 6.07) is 0. The lowest BCUT2D eigenvalue weighted by molar-refractivity contribution is -0.135. The van der Waals surface area contributed by atoms with E-state index in [0.29, 0.717) is 12.0 Å². The maximum Gasteiger partial charge on any atom is 0.292 e. The molecule has 0 radical (unpaired) electrons. The highest BCUT2D eigenvalue weighted by Crippen LogP contribution is 2.32. The highest BCUT2D eigenvalue weighted by Gasteiger charge is 2.30. The van der Waals surface area contributed by atoms with E-state index in [2.05, 4.69) is 46.2 Å². The average molecular weight is 373 g/mol. The minimum Gasteiger partial charge on any atom is -0.520 e. The summed E-state index contributed by atoms with van der Waals surface area (Å²) < 4.78 is 5.68. The van der Waals surface area contributed by atoms with Crippen molar-refractivity contribution in [3.8, 4) is 0 Å². The summed E-state index contributed by atoms with van der Waals surface area (Å²) in [5, 5.41) is 0. The van der Waals surface area contributed by atoms with Gasteiger partial charge in [-0.2, -0.15) is 0 Å². The smallest absolute Gasteiger partial charge is 0.292 e. The zero-order valence-corrected chi connectivity index (χ0v) is 19.7. The lowest BCUT2D eigenvalue weighted by Crippen LogP contribution is -2.34. The van der Waals surface area contributed by atoms with Gasteiger partial charge in [0.25, 0.3) is 5.97 Å². The molecule has 0 saturated heterocycles. The summed E-state index contributed by atoms with van der Waals surface area (Å²) in [5.41, 5.74) is 0.575. The Morgan fingerprint density at radius 1 is 0.792 bits per heavy atom. The molecule has 144 valence electrons. The van der Waals surface area contributed by atoms with Gasteiger partial charge in [-0.15, -0.1) is 0 Å². The molecule has 1 atom stereocenters. The molecule has 0 heterocycles. The molecular weight excluding hydrogens is 328 g/mol. The van der Waals surface area contributed by atoms with Gasteiger partial charge in [0.2, 0.25) is 8.32 Å². The fourth-order valence-electron chi connectivity index (χ4n) is 3.13. The van der Waals surface area contributed by atoms with Crippen molar-refractivity contribution >= 4 is 22.4 Å². The highest BCUT2D eigenvalue weighted by atomic mass is 28.4. The standard InChI is InChI=1S/C20H44O2Si2/c1-8-9-10-11-12-13-14-15-16-17-19(23(2,3)4)18-20(21)22-24(5,6)7/h19H,8-18H2,1-7H3/t19-/m1/s1. The molecule has 4 heteroatoms. The SMILES string of the molecule is CCCCCCCCCCC[C@H](CC(=O)O[Si](C)(C)C)[Si](C)(C)C. The largest absolute Gasteiger partial charge is 0.520 e. The van der Waals surface area contributed by atoms with E-state index in [-0.39, 0.29) is 5.97 Å². The van der Waals surface area contributed by atoms with E-state index in [0.717, 1.165) is 0 Å². The third-order valence-corrected chi connectivity index (χ3v) is 8.50. The zero-order chi connectivity index (χ0) is 18.6. The van der Waals surface area contributed by atoms with E-state index in [1.807, 2.05) is 0 Å². The quantitative estimate of drug-likeness (QED) is 0.235. The van der Waals surface area contributed by atoms with E-state index in [9.17, 15) is 4.79 Å². The molecule has 0 bridgehead atoms. The molecule has 0 unspecified atom stereocenters. The van der Waals surface area contributed by atoms with E-state index in [1.165, 1.54) is 64.2 Å². The summed E-state index contributed by atoms with van der Waals surface area (Å²) >= 11 is 0. The van der Waals surface area contributed by atoms with E-state index in [4.69, 9.17) is 4.43 Å². The van der Waals surface area contributed by atoms with Crippen LogP contribution in [0, 0.1) is 0 Å². The Morgan fingerprint density at radius 2 is 1.25 bits per heavy atom. The molecular formula is C20H44O2Si2. The summed E-state index contributed by atoms with van der Waals surface area (Å²) in [6.45, 7) is 15.7. The van der Waals surface area contributed by atoms with Gasteiger partial charge in [0.15, 0.2) is 0 Å². The molecule has 0 aromatic heterocycles. The van der Waals surface area contributed by atoms with Crippen molar-refractivity contribution < 1.29 is 9.22 Å². The fraction of sp³-hybridized carbons (Fsp3) is 0.950. The van der Waals surface area contributed by atoms with Crippen LogP contribution in [0.25, 0.3) is 0 Å². The Hall–Kier alpha value is -0.0962. The number of carbonyl (C=O) groups excluding carboxylic acids is 1. The predicted octanol–water partition coefficient (Wildman–Crippen LogP) is 7.38. The van der Waals surface area contributed by atoms with E-state index < -0.39 is 16.4 Å². The molecule has 0 aliphatic heterocycles. The molecule has 0 N–H and O–H groups in total. The lowest BCUT2D eigenvalue weighted by atomic mass is 10.1. The van der Waals surface area contributed by atoms with Gasteiger partial charge < -0.3 is 4.43 Å². The molecule has 0 aromatic carbocycles. The van der Waals surface area contributed by atoms with Crippen molar-refractivity contribution in [3.05, 3.63) is 0 Å². The van der Waals surface area contributed by atoms with Crippen LogP contribution in [0.1, 0.15) is 77.6 Å². The summed E-state index contributed by atoms with van der Waals surface area (Å²) in [7, 11) is -3.04. The van der Waals surface area contributed by atoms with Crippen molar-refractivity contribution in [3.63, 3.8) is 0 Å². The fourth-order valence-corrected chi connectivity index (χ4v) is 5.74. The van der Waals surface area contributed by atoms with Crippen LogP contribution in [0.15, 0.2) is 0 Å². The third kappa shape index (κ3) is 14.3. The number of hydrogen-bond acceptors (Lipinski definition) is 2. The topological polar surface area (TPSA) is 26.3 Å². The predicted molar refractivity (Wildman–Crippen MR) is 113 cm³/mol. The van der Waals surface area contributed by atoms with Crippen LogP contribution in [-0.2, 0) is 9.22 Å². The van der Waals surface area contributed by atoms with Crippen LogP contribution in [0.5, 0.6) is 0 Å². The Morgan fingerprint density at radius 3 is 1.67 bits per heavy atom. The molecule has 0 aromatic rings. The Kier molecular flexibility index (Phi) is 12.2. The Balaban J connectivity index is 3.99. The molecule has 0 amide bonds. The van der Waals surface area contributed by atoms with Crippen LogP contribution in [0.2, 0.25) is 44.8 Å². The molecule has 0 aliphatic carbocycles. The van der Waals surface area contributed by atoms with Crippen LogP contribution < -0.4 is 0 Å². The van der Waals surface area contributed by atoms with Gasteiger partial charge >= 0.3 is 0 Å². The maximum absolute atomic E-state index is 12.2.